The van der Waals surface area contributed by atoms with Gasteiger partial charge in [-0.2, -0.15) is 5.21 Å². The van der Waals surface area contributed by atoms with Gasteiger partial charge in [-0.05, 0) is 42.7 Å². The van der Waals surface area contributed by atoms with Crippen LogP contribution in [-0.4, -0.2) is 44.3 Å². The first-order chi connectivity index (χ1) is 14.1. The zero-order valence-corrected chi connectivity index (χ0v) is 17.0. The number of ether oxygens (including phenoxy) is 1. The van der Waals surface area contributed by atoms with Crippen molar-refractivity contribution in [1.29, 1.82) is 0 Å². The number of nitrogens with zero attached hydrogens (tertiary/aromatic N) is 3. The van der Waals surface area contributed by atoms with E-state index in [1.807, 2.05) is 19.1 Å². The second-order valence-electron chi connectivity index (χ2n) is 7.19. The molecule has 1 aromatic carbocycles. The number of hydrogen-bond acceptors (Lipinski definition) is 7. The van der Waals surface area contributed by atoms with Crippen molar-refractivity contribution < 1.29 is 14.6 Å². The fourth-order valence-corrected chi connectivity index (χ4v) is 4.90. The summed E-state index contributed by atoms with van der Waals surface area (Å²) in [6.45, 7) is 1.50. The quantitative estimate of drug-likeness (QED) is 0.534. The lowest BCUT2D eigenvalue weighted by Gasteiger charge is -2.24. The Kier molecular flexibility index (Phi) is 5.75. The molecule has 152 valence electrons. The number of hydrogen-bond donors (Lipinski definition) is 3. The molecule has 8 nitrogen and oxygen atoms in total. The van der Waals surface area contributed by atoms with Crippen molar-refractivity contribution in [2.24, 2.45) is 0 Å². The van der Waals surface area contributed by atoms with Crippen molar-refractivity contribution in [2.75, 3.05) is 11.9 Å². The largest absolute Gasteiger partial charge is 0.480 e. The van der Waals surface area contributed by atoms with Crippen LogP contribution in [0.3, 0.4) is 0 Å². The van der Waals surface area contributed by atoms with Gasteiger partial charge in [0.2, 0.25) is 5.82 Å². The van der Waals surface area contributed by atoms with Crippen molar-refractivity contribution in [1.82, 2.24) is 20.6 Å². The maximum absolute atomic E-state index is 11.0. The lowest BCUT2D eigenvalue weighted by atomic mass is 9.95. The minimum Gasteiger partial charge on any atom is -0.480 e. The lowest BCUT2D eigenvalue weighted by molar-refractivity contribution is -0.139. The first-order valence-corrected chi connectivity index (χ1v) is 10.5. The van der Waals surface area contributed by atoms with Gasteiger partial charge >= 0.3 is 5.97 Å². The van der Waals surface area contributed by atoms with Gasteiger partial charge in [-0.25, -0.2) is 4.79 Å². The maximum atomic E-state index is 11.0. The number of nitrogens with one attached hydrogen (secondary N) is 2. The SMILES string of the molecule is Cc1c(-c2cccc(NC3CCCCC3)c2)sc(-c2nn[nH]n2)c1OCC(=O)O. The van der Waals surface area contributed by atoms with Crippen LogP contribution >= 0.6 is 11.3 Å². The maximum Gasteiger partial charge on any atom is 0.341 e. The van der Waals surface area contributed by atoms with Crippen LogP contribution in [0.1, 0.15) is 37.7 Å². The molecule has 1 saturated carbocycles. The van der Waals surface area contributed by atoms with E-state index >= 15 is 0 Å². The van der Waals surface area contributed by atoms with Crippen molar-refractivity contribution in [3.8, 4) is 26.9 Å². The molecule has 0 saturated heterocycles. The number of aromatic nitrogens is 4. The number of carbonyl (C=O) groups is 1. The zero-order valence-electron chi connectivity index (χ0n) is 16.1. The van der Waals surface area contributed by atoms with E-state index in [2.05, 4.69) is 38.1 Å². The van der Waals surface area contributed by atoms with Gasteiger partial charge in [0.1, 0.15) is 10.6 Å². The van der Waals surface area contributed by atoms with E-state index in [-0.39, 0.29) is 0 Å². The molecule has 0 amide bonds. The van der Waals surface area contributed by atoms with Gasteiger partial charge in [-0.1, -0.05) is 31.4 Å². The molecule has 0 radical (unpaired) electrons. The summed E-state index contributed by atoms with van der Waals surface area (Å²) in [5, 5.41) is 26.8. The summed E-state index contributed by atoms with van der Waals surface area (Å²) >= 11 is 1.47. The molecule has 1 aliphatic carbocycles. The van der Waals surface area contributed by atoms with Gasteiger partial charge in [-0.15, -0.1) is 21.5 Å². The van der Waals surface area contributed by atoms with Crippen LogP contribution in [0.5, 0.6) is 5.75 Å². The summed E-state index contributed by atoms with van der Waals surface area (Å²) in [7, 11) is 0. The molecule has 0 aliphatic heterocycles. The third-order valence-electron chi connectivity index (χ3n) is 5.08. The number of aliphatic carboxylic acids is 1. The van der Waals surface area contributed by atoms with E-state index in [1.54, 1.807) is 0 Å². The zero-order chi connectivity index (χ0) is 20.2. The highest BCUT2D eigenvalue weighted by molar-refractivity contribution is 7.19. The van der Waals surface area contributed by atoms with E-state index < -0.39 is 12.6 Å². The van der Waals surface area contributed by atoms with Gasteiger partial charge in [0, 0.05) is 22.2 Å². The number of tetrazole rings is 1. The van der Waals surface area contributed by atoms with Crippen LogP contribution in [0.2, 0.25) is 0 Å². The van der Waals surface area contributed by atoms with Crippen LogP contribution in [-0.2, 0) is 4.79 Å². The summed E-state index contributed by atoms with van der Waals surface area (Å²) in [5.41, 5.74) is 3.01. The van der Waals surface area contributed by atoms with Crippen LogP contribution in [0.4, 0.5) is 5.69 Å². The first kappa shape index (κ1) is 19.4. The molecule has 2 aromatic heterocycles. The Balaban J connectivity index is 1.66. The van der Waals surface area contributed by atoms with Gasteiger partial charge in [0.25, 0.3) is 0 Å². The van der Waals surface area contributed by atoms with E-state index in [0.717, 1.165) is 21.7 Å². The highest BCUT2D eigenvalue weighted by Gasteiger charge is 2.23. The highest BCUT2D eigenvalue weighted by Crippen LogP contribution is 2.46. The van der Waals surface area contributed by atoms with Crippen molar-refractivity contribution >= 4 is 23.0 Å². The minimum atomic E-state index is -1.03. The Morgan fingerprint density at radius 2 is 2.14 bits per heavy atom. The Hall–Kier alpha value is -2.94. The number of benzene rings is 1. The molecule has 0 spiro atoms. The second-order valence-corrected chi connectivity index (χ2v) is 8.21. The Morgan fingerprint density at radius 1 is 1.31 bits per heavy atom. The fourth-order valence-electron chi connectivity index (χ4n) is 3.72. The second kappa shape index (κ2) is 8.60. The number of rotatable bonds is 7. The smallest absolute Gasteiger partial charge is 0.341 e. The fraction of sp³-hybridized carbons (Fsp3) is 0.400. The molecule has 29 heavy (non-hydrogen) atoms. The van der Waals surface area contributed by atoms with Crippen LogP contribution in [0.25, 0.3) is 21.1 Å². The predicted molar refractivity (Wildman–Crippen MR) is 111 cm³/mol. The first-order valence-electron chi connectivity index (χ1n) is 9.70. The van der Waals surface area contributed by atoms with Gasteiger partial charge in [0.05, 0.1) is 0 Å². The average molecular weight is 414 g/mol. The minimum absolute atomic E-state index is 0.390. The molecule has 1 fully saturated rings. The summed E-state index contributed by atoms with van der Waals surface area (Å²) in [4.78, 5) is 12.7. The summed E-state index contributed by atoms with van der Waals surface area (Å²) in [5.74, 6) is -0.157. The standard InChI is InChI=1S/C20H23N5O3S/c1-12-17(28-11-16(26)27)19(20-22-24-25-23-20)29-18(12)13-6-5-9-15(10-13)21-14-7-3-2-4-8-14/h5-6,9-10,14,21H,2-4,7-8,11H2,1H3,(H,26,27)(H,22,23,24,25). The van der Waals surface area contributed by atoms with Gasteiger partial charge in [0.15, 0.2) is 6.61 Å². The molecule has 3 N–H and O–H groups in total. The molecule has 0 unspecified atom stereocenters. The molecule has 0 bridgehead atoms. The molecule has 4 rings (SSSR count). The molecule has 9 heteroatoms. The molecule has 2 heterocycles. The summed E-state index contributed by atoms with van der Waals surface area (Å²) < 4.78 is 5.58. The van der Waals surface area contributed by atoms with Crippen molar-refractivity contribution in [2.45, 2.75) is 45.1 Å². The number of carboxylic acids is 1. The molecule has 1 aliphatic rings. The summed E-state index contributed by atoms with van der Waals surface area (Å²) in [6.07, 6.45) is 6.29. The summed E-state index contributed by atoms with van der Waals surface area (Å²) in [6, 6.07) is 8.82. The molecular weight excluding hydrogens is 390 g/mol. The number of aromatic amines is 1. The average Bonchev–Trinajstić information content (AvgIpc) is 3.35. The molecule has 0 atom stereocenters. The van der Waals surface area contributed by atoms with E-state index in [0.29, 0.717) is 22.5 Å². The third kappa shape index (κ3) is 4.40. The van der Waals surface area contributed by atoms with E-state index in [9.17, 15) is 4.79 Å². The lowest BCUT2D eigenvalue weighted by Crippen LogP contribution is -2.22. The van der Waals surface area contributed by atoms with Crippen LogP contribution < -0.4 is 10.1 Å². The number of thiophene rings is 1. The van der Waals surface area contributed by atoms with Crippen molar-refractivity contribution in [3.63, 3.8) is 0 Å². The topological polar surface area (TPSA) is 113 Å². The van der Waals surface area contributed by atoms with Crippen molar-refractivity contribution in [3.05, 3.63) is 29.8 Å². The van der Waals surface area contributed by atoms with Gasteiger partial charge < -0.3 is 15.2 Å². The van der Waals surface area contributed by atoms with Crippen LogP contribution in [0, 0.1) is 6.92 Å². The normalized spacial score (nSPS) is 14.7. The Labute approximate surface area is 172 Å². The van der Waals surface area contributed by atoms with Gasteiger partial charge in [-0.3, -0.25) is 0 Å². The third-order valence-corrected chi connectivity index (χ3v) is 6.40. The Morgan fingerprint density at radius 3 is 2.86 bits per heavy atom. The predicted octanol–water partition coefficient (Wildman–Crippen LogP) is 4.11. The molecule has 3 aromatic rings. The monoisotopic (exact) mass is 413 g/mol. The number of carboxylic acid groups (broad SMARTS) is 1. The highest BCUT2D eigenvalue weighted by atomic mass is 32.1. The molecular formula is C20H23N5O3S. The Bertz CT molecular complexity index is 980. The van der Waals surface area contributed by atoms with E-state index in [1.165, 1.54) is 43.4 Å². The number of anilines is 1. The number of H-pyrrole nitrogens is 1. The van der Waals surface area contributed by atoms with Crippen LogP contribution in [0.15, 0.2) is 24.3 Å². The van der Waals surface area contributed by atoms with E-state index in [4.69, 9.17) is 9.84 Å².